The maximum absolute atomic E-state index is 13.9. The third kappa shape index (κ3) is 5.24. The molecule has 1 aliphatic carbocycles. The van der Waals surface area contributed by atoms with E-state index in [0.29, 0.717) is 12.1 Å². The fourth-order valence-electron chi connectivity index (χ4n) is 7.53. The second kappa shape index (κ2) is 11.8. The Balaban J connectivity index is 1.40. The van der Waals surface area contributed by atoms with Crippen LogP contribution in [0, 0.1) is 0 Å². The van der Waals surface area contributed by atoms with E-state index in [1.54, 1.807) is 0 Å². The molecule has 1 saturated carbocycles. The van der Waals surface area contributed by atoms with Gasteiger partial charge in [-0.25, -0.2) is 4.79 Å². The predicted octanol–water partition coefficient (Wildman–Crippen LogP) is 6.81. The lowest BCUT2D eigenvalue weighted by atomic mass is 9.79. The van der Waals surface area contributed by atoms with Crippen LogP contribution in [0.15, 0.2) is 59.4 Å². The molecule has 206 valence electrons. The third-order valence-corrected chi connectivity index (χ3v) is 9.45. The van der Waals surface area contributed by atoms with E-state index in [1.165, 1.54) is 44.1 Å². The Kier molecular flexibility index (Phi) is 8.44. The lowest BCUT2D eigenvalue weighted by molar-refractivity contribution is 0.0354. The zero-order valence-electron chi connectivity index (χ0n) is 24.1. The minimum absolute atomic E-state index is 0.152. The number of nitrogens with zero attached hydrogens (tertiary/aromatic N) is 4. The van der Waals surface area contributed by atoms with Gasteiger partial charge >= 0.3 is 5.69 Å². The molecule has 0 radical (unpaired) electrons. The van der Waals surface area contributed by atoms with Crippen molar-refractivity contribution in [2.75, 3.05) is 19.6 Å². The molecule has 5 rings (SSSR count). The molecule has 5 heteroatoms. The van der Waals surface area contributed by atoms with Crippen LogP contribution in [0.3, 0.4) is 0 Å². The van der Waals surface area contributed by atoms with Crippen molar-refractivity contribution in [2.45, 2.75) is 109 Å². The van der Waals surface area contributed by atoms with Gasteiger partial charge in [0.05, 0.1) is 11.0 Å². The van der Waals surface area contributed by atoms with Gasteiger partial charge in [-0.2, -0.15) is 0 Å². The number of likely N-dealkylation sites (tertiary alicyclic amines) is 1. The summed E-state index contributed by atoms with van der Waals surface area (Å²) in [5.41, 5.74) is 4.00. The van der Waals surface area contributed by atoms with E-state index in [2.05, 4.69) is 96.7 Å². The highest BCUT2D eigenvalue weighted by atomic mass is 16.1. The molecule has 5 nitrogen and oxygen atoms in total. The summed E-state index contributed by atoms with van der Waals surface area (Å²) >= 11 is 0. The zero-order chi connectivity index (χ0) is 26.7. The van der Waals surface area contributed by atoms with Gasteiger partial charge in [0, 0.05) is 49.8 Å². The van der Waals surface area contributed by atoms with Gasteiger partial charge in [0.1, 0.15) is 0 Å². The number of hydrogen-bond donors (Lipinski definition) is 0. The van der Waals surface area contributed by atoms with Gasteiger partial charge in [-0.15, -0.1) is 0 Å². The summed E-state index contributed by atoms with van der Waals surface area (Å²) < 4.78 is 4.18. The molecule has 1 saturated heterocycles. The monoisotopic (exact) mass is 516 g/mol. The topological polar surface area (TPSA) is 33.4 Å². The Morgan fingerprint density at radius 3 is 2.00 bits per heavy atom. The van der Waals surface area contributed by atoms with Gasteiger partial charge < -0.3 is 0 Å². The van der Waals surface area contributed by atoms with Crippen LogP contribution in [0.1, 0.15) is 90.7 Å². The van der Waals surface area contributed by atoms with Crippen LogP contribution in [-0.2, 0) is 12.1 Å². The number of hydrogen-bond acceptors (Lipinski definition) is 3. The van der Waals surface area contributed by atoms with E-state index >= 15 is 0 Å². The molecular weight excluding hydrogens is 468 g/mol. The Morgan fingerprint density at radius 2 is 1.39 bits per heavy atom. The van der Waals surface area contributed by atoms with E-state index in [4.69, 9.17) is 0 Å². The first-order valence-electron chi connectivity index (χ1n) is 15.2. The molecule has 2 aromatic carbocycles. The minimum atomic E-state index is 0.152. The van der Waals surface area contributed by atoms with Gasteiger partial charge in [-0.05, 0) is 71.1 Å². The highest BCUT2D eigenvalue weighted by Crippen LogP contribution is 2.43. The van der Waals surface area contributed by atoms with E-state index in [0.717, 1.165) is 50.1 Å². The molecule has 0 unspecified atom stereocenters. The quantitative estimate of drug-likeness (QED) is 0.309. The second-order valence-corrected chi connectivity index (χ2v) is 12.2. The van der Waals surface area contributed by atoms with Crippen LogP contribution < -0.4 is 5.69 Å². The Hall–Kier alpha value is -2.37. The Bertz CT molecular complexity index is 1220. The number of fused-ring (bicyclic) bond motifs is 1. The van der Waals surface area contributed by atoms with Crippen molar-refractivity contribution in [1.82, 2.24) is 18.9 Å². The zero-order valence-corrected chi connectivity index (χ0v) is 24.1. The maximum atomic E-state index is 13.9. The standard InChI is InChI=1S/C33H48N4O/c1-26(2)35(27(3)4)24-25-36-30-16-10-11-17-31(30)37(32(36)38)29-18-22-34(23-19-29)33(20-12-5-6-13-21-33)28-14-8-7-9-15-28/h7-11,14-17,26-27,29H,5-6,12-13,18-25H2,1-4H3. The molecule has 0 bridgehead atoms. The van der Waals surface area contributed by atoms with Crippen LogP contribution in [0.4, 0.5) is 0 Å². The summed E-state index contributed by atoms with van der Waals surface area (Å²) in [5.74, 6) is 0. The van der Waals surface area contributed by atoms with E-state index in [9.17, 15) is 4.79 Å². The number of imidazole rings is 1. The van der Waals surface area contributed by atoms with Crippen molar-refractivity contribution in [3.05, 3.63) is 70.6 Å². The van der Waals surface area contributed by atoms with E-state index < -0.39 is 0 Å². The smallest absolute Gasteiger partial charge is 0.297 e. The average molecular weight is 517 g/mol. The van der Waals surface area contributed by atoms with Crippen LogP contribution in [0.2, 0.25) is 0 Å². The number of benzene rings is 2. The lowest BCUT2D eigenvalue weighted by Crippen LogP contribution is -2.50. The van der Waals surface area contributed by atoms with Crippen molar-refractivity contribution in [3.63, 3.8) is 0 Å². The van der Waals surface area contributed by atoms with Crippen LogP contribution >= 0.6 is 0 Å². The number of para-hydroxylation sites is 2. The van der Waals surface area contributed by atoms with Gasteiger partial charge in [0.25, 0.3) is 0 Å². The summed E-state index contributed by atoms with van der Waals surface area (Å²) in [6, 6.07) is 20.9. The minimum Gasteiger partial charge on any atom is -0.297 e. The van der Waals surface area contributed by atoms with Crippen LogP contribution in [-0.4, -0.2) is 50.7 Å². The van der Waals surface area contributed by atoms with Gasteiger partial charge in [0.2, 0.25) is 0 Å². The third-order valence-electron chi connectivity index (χ3n) is 9.45. The Morgan fingerprint density at radius 1 is 0.816 bits per heavy atom. The summed E-state index contributed by atoms with van der Waals surface area (Å²) in [7, 11) is 0. The first kappa shape index (κ1) is 27.2. The first-order chi connectivity index (χ1) is 18.4. The molecule has 2 aliphatic rings. The first-order valence-corrected chi connectivity index (χ1v) is 15.2. The van der Waals surface area contributed by atoms with Gasteiger partial charge in [0.15, 0.2) is 0 Å². The lowest BCUT2D eigenvalue weighted by Gasteiger charge is -2.47. The fourth-order valence-corrected chi connectivity index (χ4v) is 7.53. The predicted molar refractivity (Wildman–Crippen MR) is 159 cm³/mol. The van der Waals surface area contributed by atoms with Gasteiger partial charge in [-0.3, -0.25) is 18.9 Å². The van der Waals surface area contributed by atoms with Crippen molar-refractivity contribution in [2.24, 2.45) is 0 Å². The highest BCUT2D eigenvalue weighted by Gasteiger charge is 2.40. The van der Waals surface area contributed by atoms with Crippen molar-refractivity contribution in [3.8, 4) is 0 Å². The number of rotatable bonds is 8. The van der Waals surface area contributed by atoms with Crippen molar-refractivity contribution < 1.29 is 0 Å². The summed E-state index contributed by atoms with van der Waals surface area (Å²) in [4.78, 5) is 19.2. The molecule has 38 heavy (non-hydrogen) atoms. The van der Waals surface area contributed by atoms with Crippen molar-refractivity contribution in [1.29, 1.82) is 0 Å². The highest BCUT2D eigenvalue weighted by molar-refractivity contribution is 5.76. The van der Waals surface area contributed by atoms with Crippen molar-refractivity contribution >= 4 is 11.0 Å². The van der Waals surface area contributed by atoms with E-state index in [-0.39, 0.29) is 17.3 Å². The number of piperidine rings is 1. The van der Waals surface area contributed by atoms with Crippen LogP contribution in [0.25, 0.3) is 11.0 Å². The van der Waals surface area contributed by atoms with E-state index in [1.807, 2.05) is 4.57 Å². The normalized spacial score (nSPS) is 19.6. The number of aromatic nitrogens is 2. The maximum Gasteiger partial charge on any atom is 0.329 e. The fraction of sp³-hybridized carbons (Fsp3) is 0.606. The average Bonchev–Trinajstić information content (AvgIpc) is 3.06. The molecule has 1 aromatic heterocycles. The molecule has 3 aromatic rings. The molecular formula is C33H48N4O. The molecule has 1 aliphatic heterocycles. The molecule has 0 atom stereocenters. The van der Waals surface area contributed by atoms with Crippen LogP contribution in [0.5, 0.6) is 0 Å². The molecule has 2 fully saturated rings. The summed E-state index contributed by atoms with van der Waals surface area (Å²) in [5, 5.41) is 0. The summed E-state index contributed by atoms with van der Waals surface area (Å²) in [6.07, 6.45) is 9.90. The molecule has 0 N–H and O–H groups in total. The molecule has 0 spiro atoms. The molecule has 0 amide bonds. The largest absolute Gasteiger partial charge is 0.329 e. The molecule has 2 heterocycles. The second-order valence-electron chi connectivity index (χ2n) is 12.2. The summed E-state index contributed by atoms with van der Waals surface area (Å²) in [6.45, 7) is 12.7. The SMILES string of the molecule is CC(C)N(CCn1c(=O)n(C2CCN(C3(c4ccccc4)CCCCCC3)CC2)c2ccccc21)C(C)C. The van der Waals surface area contributed by atoms with Gasteiger partial charge in [-0.1, -0.05) is 68.1 Å². The Labute approximate surface area is 229 Å².